The number of likely N-dealkylation sites (tertiary alicyclic amines) is 1. The molecule has 1 aliphatic heterocycles. The Kier molecular flexibility index (Phi) is 7.67. The van der Waals surface area contributed by atoms with Crippen molar-refractivity contribution in [2.75, 3.05) is 13.1 Å². The molecule has 4 atom stereocenters. The maximum atomic E-state index is 13.1. The molecule has 2 heterocycles. The molecule has 0 saturated carbocycles. The van der Waals surface area contributed by atoms with Crippen molar-refractivity contribution in [1.29, 1.82) is 0 Å². The zero-order valence-electron chi connectivity index (χ0n) is 18.3. The highest BCUT2D eigenvalue weighted by molar-refractivity contribution is 5.94. The molecule has 1 aliphatic rings. The molecule has 7 N–H and O–H groups in total. The lowest BCUT2D eigenvalue weighted by Crippen LogP contribution is -2.58. The molecule has 1 aromatic carbocycles. The lowest BCUT2D eigenvalue weighted by Gasteiger charge is -2.29. The molecule has 11 heteroatoms. The SMILES string of the molecule is CC(O)C(NC(=O)C1CCCN1C(=O)C(N)Cc1c[nH]c2ccccc12)C(=O)NCC(=O)O. The first kappa shape index (κ1) is 24.2. The third-order valence-electron chi connectivity index (χ3n) is 5.75. The molecule has 33 heavy (non-hydrogen) atoms. The van der Waals surface area contributed by atoms with Crippen molar-refractivity contribution in [2.24, 2.45) is 5.73 Å². The van der Waals surface area contributed by atoms with Crippen LogP contribution in [0.25, 0.3) is 10.9 Å². The number of aromatic amines is 1. The molecule has 1 fully saturated rings. The minimum Gasteiger partial charge on any atom is -0.480 e. The van der Waals surface area contributed by atoms with E-state index >= 15 is 0 Å². The van der Waals surface area contributed by atoms with Gasteiger partial charge in [-0.25, -0.2) is 0 Å². The van der Waals surface area contributed by atoms with Crippen LogP contribution in [-0.4, -0.2) is 81.1 Å². The summed E-state index contributed by atoms with van der Waals surface area (Å²) in [6, 6.07) is 4.63. The van der Waals surface area contributed by atoms with Crippen LogP contribution in [0.3, 0.4) is 0 Å². The van der Waals surface area contributed by atoms with E-state index in [1.54, 1.807) is 0 Å². The molecule has 0 bridgehead atoms. The summed E-state index contributed by atoms with van der Waals surface area (Å²) in [5.74, 6) is -3.05. The molecule has 2 aromatic rings. The number of amides is 3. The van der Waals surface area contributed by atoms with Crippen molar-refractivity contribution in [2.45, 2.75) is 50.4 Å². The maximum absolute atomic E-state index is 13.1. The Balaban J connectivity index is 1.65. The fourth-order valence-electron chi connectivity index (χ4n) is 4.07. The molecule has 0 aliphatic carbocycles. The van der Waals surface area contributed by atoms with Gasteiger partial charge in [0.1, 0.15) is 18.6 Å². The van der Waals surface area contributed by atoms with E-state index in [-0.39, 0.29) is 5.91 Å². The smallest absolute Gasteiger partial charge is 0.322 e. The first-order valence-electron chi connectivity index (χ1n) is 10.8. The second-order valence-corrected chi connectivity index (χ2v) is 8.20. The average molecular weight is 460 g/mol. The molecular formula is C22H29N5O6. The Hall–Kier alpha value is -3.44. The fourth-order valence-corrected chi connectivity index (χ4v) is 4.07. The number of aliphatic hydroxyl groups is 1. The van der Waals surface area contributed by atoms with E-state index in [2.05, 4.69) is 15.6 Å². The van der Waals surface area contributed by atoms with Crippen molar-refractivity contribution in [1.82, 2.24) is 20.5 Å². The second kappa shape index (κ2) is 10.5. The summed E-state index contributed by atoms with van der Waals surface area (Å²) in [7, 11) is 0. The molecule has 11 nitrogen and oxygen atoms in total. The number of nitrogens with two attached hydrogens (primary N) is 1. The third kappa shape index (κ3) is 5.68. The van der Waals surface area contributed by atoms with E-state index in [1.165, 1.54) is 11.8 Å². The van der Waals surface area contributed by atoms with Crippen LogP contribution >= 0.6 is 0 Å². The van der Waals surface area contributed by atoms with Gasteiger partial charge in [0.2, 0.25) is 17.7 Å². The molecule has 0 radical (unpaired) electrons. The van der Waals surface area contributed by atoms with Gasteiger partial charge in [-0.15, -0.1) is 0 Å². The number of aliphatic hydroxyl groups excluding tert-OH is 1. The minimum atomic E-state index is -1.35. The molecule has 4 unspecified atom stereocenters. The Morgan fingerprint density at radius 1 is 1.27 bits per heavy atom. The van der Waals surface area contributed by atoms with Gasteiger partial charge in [-0.3, -0.25) is 19.2 Å². The highest BCUT2D eigenvalue weighted by atomic mass is 16.4. The van der Waals surface area contributed by atoms with Crippen LogP contribution in [0.4, 0.5) is 0 Å². The van der Waals surface area contributed by atoms with Crippen LogP contribution in [0.2, 0.25) is 0 Å². The lowest BCUT2D eigenvalue weighted by molar-refractivity contribution is -0.142. The van der Waals surface area contributed by atoms with Crippen molar-refractivity contribution >= 4 is 34.6 Å². The predicted molar refractivity (Wildman–Crippen MR) is 119 cm³/mol. The number of para-hydroxylation sites is 1. The fraction of sp³-hybridized carbons (Fsp3) is 0.455. The lowest BCUT2D eigenvalue weighted by atomic mass is 10.0. The number of nitrogens with one attached hydrogen (secondary N) is 3. The van der Waals surface area contributed by atoms with Gasteiger partial charge in [-0.2, -0.15) is 0 Å². The highest BCUT2D eigenvalue weighted by Gasteiger charge is 2.38. The van der Waals surface area contributed by atoms with Gasteiger partial charge in [-0.05, 0) is 37.8 Å². The van der Waals surface area contributed by atoms with Gasteiger partial charge in [0, 0.05) is 23.6 Å². The number of fused-ring (bicyclic) bond motifs is 1. The number of carbonyl (C=O) groups is 4. The molecule has 3 rings (SSSR count). The summed E-state index contributed by atoms with van der Waals surface area (Å²) >= 11 is 0. The maximum Gasteiger partial charge on any atom is 0.322 e. The number of carbonyl (C=O) groups excluding carboxylic acids is 3. The zero-order chi connectivity index (χ0) is 24.1. The molecule has 178 valence electrons. The van der Waals surface area contributed by atoms with Gasteiger partial charge >= 0.3 is 5.97 Å². The van der Waals surface area contributed by atoms with Crippen molar-refractivity contribution < 1.29 is 29.4 Å². The molecule has 0 spiro atoms. The number of benzene rings is 1. The number of rotatable bonds is 9. The number of nitrogens with zero attached hydrogens (tertiary/aromatic N) is 1. The van der Waals surface area contributed by atoms with Crippen LogP contribution < -0.4 is 16.4 Å². The predicted octanol–water partition coefficient (Wildman–Crippen LogP) is -0.905. The van der Waals surface area contributed by atoms with E-state index in [9.17, 15) is 24.3 Å². The summed E-state index contributed by atoms with van der Waals surface area (Å²) in [6.45, 7) is 1.01. The third-order valence-corrected chi connectivity index (χ3v) is 5.75. The first-order valence-corrected chi connectivity index (χ1v) is 10.8. The van der Waals surface area contributed by atoms with Crippen molar-refractivity contribution in [3.8, 4) is 0 Å². The topological polar surface area (TPSA) is 178 Å². The minimum absolute atomic E-state index is 0.293. The standard InChI is InChI=1S/C22H29N5O6/c1-12(28)19(21(32)25-11-18(29)30)26-20(31)17-7-4-8-27(17)22(33)15(23)9-13-10-24-16-6-3-2-5-14(13)16/h2-3,5-6,10,12,15,17,19,24,28H,4,7-9,11,23H2,1H3,(H,25,32)(H,26,31)(H,29,30). The van der Waals surface area contributed by atoms with Gasteiger partial charge < -0.3 is 36.5 Å². The van der Waals surface area contributed by atoms with Crippen LogP contribution in [0, 0.1) is 0 Å². The summed E-state index contributed by atoms with van der Waals surface area (Å²) < 4.78 is 0. The Morgan fingerprint density at radius 3 is 2.70 bits per heavy atom. The van der Waals surface area contributed by atoms with E-state index in [1.807, 2.05) is 30.5 Å². The van der Waals surface area contributed by atoms with Gasteiger partial charge in [0.25, 0.3) is 0 Å². The number of H-pyrrole nitrogens is 1. The van der Waals surface area contributed by atoms with Crippen molar-refractivity contribution in [3.63, 3.8) is 0 Å². The number of carboxylic acid groups (broad SMARTS) is 1. The zero-order valence-corrected chi connectivity index (χ0v) is 18.3. The Labute approximate surface area is 190 Å². The summed E-state index contributed by atoms with van der Waals surface area (Å²) in [6.07, 6.45) is 1.82. The van der Waals surface area contributed by atoms with Gasteiger partial charge in [0.15, 0.2) is 0 Å². The normalized spacial score (nSPS) is 18.5. The van der Waals surface area contributed by atoms with E-state index < -0.39 is 48.6 Å². The summed E-state index contributed by atoms with van der Waals surface area (Å²) in [5.41, 5.74) is 8.05. The summed E-state index contributed by atoms with van der Waals surface area (Å²) in [5, 5.41) is 24.2. The summed E-state index contributed by atoms with van der Waals surface area (Å²) in [4.78, 5) is 53.4. The number of aromatic nitrogens is 1. The van der Waals surface area contributed by atoms with Crippen LogP contribution in [0.5, 0.6) is 0 Å². The number of hydrogen-bond acceptors (Lipinski definition) is 6. The van der Waals surface area contributed by atoms with E-state index in [0.717, 1.165) is 16.5 Å². The van der Waals surface area contributed by atoms with Crippen LogP contribution in [0.15, 0.2) is 30.5 Å². The van der Waals surface area contributed by atoms with E-state index in [0.29, 0.717) is 25.8 Å². The first-order chi connectivity index (χ1) is 15.7. The average Bonchev–Trinajstić information content (AvgIpc) is 3.42. The van der Waals surface area contributed by atoms with E-state index in [4.69, 9.17) is 10.8 Å². The largest absolute Gasteiger partial charge is 0.480 e. The number of hydrogen-bond donors (Lipinski definition) is 6. The second-order valence-electron chi connectivity index (χ2n) is 8.20. The number of carboxylic acids is 1. The molecule has 3 amide bonds. The highest BCUT2D eigenvalue weighted by Crippen LogP contribution is 2.22. The molecule has 1 aromatic heterocycles. The Morgan fingerprint density at radius 2 is 2.00 bits per heavy atom. The Bertz CT molecular complexity index is 1040. The monoisotopic (exact) mass is 459 g/mol. The van der Waals surface area contributed by atoms with Crippen LogP contribution in [-0.2, 0) is 25.6 Å². The number of aliphatic carboxylic acids is 1. The molecule has 1 saturated heterocycles. The quantitative estimate of drug-likeness (QED) is 0.281. The van der Waals surface area contributed by atoms with Gasteiger partial charge in [-0.1, -0.05) is 18.2 Å². The van der Waals surface area contributed by atoms with Crippen LogP contribution in [0.1, 0.15) is 25.3 Å². The van der Waals surface area contributed by atoms with Crippen molar-refractivity contribution in [3.05, 3.63) is 36.0 Å². The van der Waals surface area contributed by atoms with Gasteiger partial charge in [0.05, 0.1) is 12.1 Å². The molecular weight excluding hydrogens is 430 g/mol.